The van der Waals surface area contributed by atoms with Gasteiger partial charge in [-0.25, -0.2) is 0 Å². The van der Waals surface area contributed by atoms with E-state index >= 15 is 0 Å². The van der Waals surface area contributed by atoms with Gasteiger partial charge in [0.1, 0.15) is 0 Å². The highest BCUT2D eigenvalue weighted by atomic mass is 127. The maximum Gasteiger partial charge on any atom is 0.0215 e. The lowest BCUT2D eigenvalue weighted by atomic mass is 9.78. The van der Waals surface area contributed by atoms with Crippen molar-refractivity contribution in [3.8, 4) is 22.3 Å². The Morgan fingerprint density at radius 3 is 1.52 bits per heavy atom. The highest BCUT2D eigenvalue weighted by Gasteiger charge is 2.24. The lowest BCUT2D eigenvalue weighted by molar-refractivity contribution is 0.591. The van der Waals surface area contributed by atoms with E-state index in [9.17, 15) is 0 Å². The first-order valence-corrected chi connectivity index (χ1v) is 10.7. The van der Waals surface area contributed by atoms with Crippen LogP contribution in [0.25, 0.3) is 22.3 Å². The first kappa shape index (κ1) is 20.1. The minimum Gasteiger partial charge on any atom is -0.0619 e. The largest absolute Gasteiger partial charge is 0.0619 e. The van der Waals surface area contributed by atoms with Crippen molar-refractivity contribution in [2.75, 3.05) is 0 Å². The summed E-state index contributed by atoms with van der Waals surface area (Å²) >= 11 is 2.49. The van der Waals surface area contributed by atoms with E-state index in [0.717, 1.165) is 0 Å². The summed E-state index contributed by atoms with van der Waals surface area (Å²) in [6, 6.07) is 24.4. The van der Waals surface area contributed by atoms with Gasteiger partial charge in [-0.05, 0) is 67.3 Å². The van der Waals surface area contributed by atoms with Crippen molar-refractivity contribution < 1.29 is 0 Å². The van der Waals surface area contributed by atoms with Gasteiger partial charge in [0.2, 0.25) is 0 Å². The van der Waals surface area contributed by atoms with Gasteiger partial charge >= 0.3 is 0 Å². The predicted octanol–water partition coefficient (Wildman–Crippen LogP) is 8.22. The van der Waals surface area contributed by atoms with Crippen molar-refractivity contribution in [3.63, 3.8) is 0 Å². The summed E-state index contributed by atoms with van der Waals surface area (Å²) in [7, 11) is 0. The third-order valence-electron chi connectivity index (χ3n) is 5.04. The zero-order chi connectivity index (χ0) is 19.8. The number of halogens is 1. The van der Waals surface area contributed by atoms with Gasteiger partial charge in [0.15, 0.2) is 0 Å². The van der Waals surface area contributed by atoms with Crippen LogP contribution >= 0.6 is 22.6 Å². The second kappa shape index (κ2) is 7.43. The Labute approximate surface area is 178 Å². The molecule has 0 spiro atoms. The molecule has 0 amide bonds. The molecule has 140 valence electrons. The standard InChI is InChI=1S/C26H29I/c1-25(2,3)21-15-9-7-12-18(21)19-14-11-17-23(27)24(19)20-13-8-10-16-22(20)26(4,5)6/h7-17H,1-6H3. The Balaban J connectivity index is 2.36. The molecule has 0 aliphatic heterocycles. The monoisotopic (exact) mass is 468 g/mol. The molecule has 0 aliphatic carbocycles. The summed E-state index contributed by atoms with van der Waals surface area (Å²) < 4.78 is 1.30. The van der Waals surface area contributed by atoms with Gasteiger partial charge in [0.05, 0.1) is 0 Å². The molecule has 0 aliphatic rings. The summed E-state index contributed by atoms with van der Waals surface area (Å²) in [4.78, 5) is 0. The molecule has 0 N–H and O–H groups in total. The van der Waals surface area contributed by atoms with E-state index in [2.05, 4.69) is 131 Å². The fourth-order valence-electron chi connectivity index (χ4n) is 3.75. The van der Waals surface area contributed by atoms with E-state index in [4.69, 9.17) is 0 Å². The van der Waals surface area contributed by atoms with Crippen molar-refractivity contribution in [2.24, 2.45) is 0 Å². The average Bonchev–Trinajstić information content (AvgIpc) is 2.60. The smallest absolute Gasteiger partial charge is 0.0215 e. The Morgan fingerprint density at radius 2 is 0.963 bits per heavy atom. The van der Waals surface area contributed by atoms with E-state index in [1.807, 2.05) is 0 Å². The van der Waals surface area contributed by atoms with E-state index in [1.165, 1.54) is 37.0 Å². The van der Waals surface area contributed by atoms with E-state index in [1.54, 1.807) is 0 Å². The third kappa shape index (κ3) is 4.13. The predicted molar refractivity (Wildman–Crippen MR) is 127 cm³/mol. The van der Waals surface area contributed by atoms with Crippen molar-refractivity contribution in [1.29, 1.82) is 0 Å². The Kier molecular flexibility index (Phi) is 5.54. The molecule has 3 aromatic rings. The van der Waals surface area contributed by atoms with Gasteiger partial charge in [-0.15, -0.1) is 0 Å². The average molecular weight is 468 g/mol. The summed E-state index contributed by atoms with van der Waals surface area (Å²) in [5, 5.41) is 0. The molecule has 0 fully saturated rings. The van der Waals surface area contributed by atoms with Gasteiger partial charge in [-0.3, -0.25) is 0 Å². The normalized spacial score (nSPS) is 12.3. The van der Waals surface area contributed by atoms with Crippen LogP contribution in [0.1, 0.15) is 52.7 Å². The maximum atomic E-state index is 2.49. The number of hydrogen-bond acceptors (Lipinski definition) is 0. The van der Waals surface area contributed by atoms with Crippen LogP contribution in [-0.4, -0.2) is 0 Å². The highest BCUT2D eigenvalue weighted by Crippen LogP contribution is 2.43. The van der Waals surface area contributed by atoms with Gasteiger partial charge in [-0.2, -0.15) is 0 Å². The van der Waals surface area contributed by atoms with Crippen molar-refractivity contribution in [2.45, 2.75) is 52.4 Å². The van der Waals surface area contributed by atoms with Crippen LogP contribution < -0.4 is 0 Å². The van der Waals surface area contributed by atoms with Crippen LogP contribution in [0, 0.1) is 3.57 Å². The quantitative estimate of drug-likeness (QED) is 0.333. The minimum absolute atomic E-state index is 0.0936. The van der Waals surface area contributed by atoms with Gasteiger partial charge in [-0.1, -0.05) is 102 Å². The van der Waals surface area contributed by atoms with Crippen LogP contribution in [0.5, 0.6) is 0 Å². The molecule has 0 heterocycles. The van der Waals surface area contributed by atoms with Crippen LogP contribution in [0.2, 0.25) is 0 Å². The second-order valence-corrected chi connectivity index (χ2v) is 10.4. The molecular formula is C26H29I. The molecule has 0 saturated carbocycles. The Bertz CT molecular complexity index is 952. The zero-order valence-electron chi connectivity index (χ0n) is 17.2. The molecule has 1 heteroatoms. The first-order chi connectivity index (χ1) is 12.6. The fourth-order valence-corrected chi connectivity index (χ4v) is 4.54. The molecule has 0 aromatic heterocycles. The van der Waals surface area contributed by atoms with Crippen molar-refractivity contribution in [1.82, 2.24) is 0 Å². The maximum absolute atomic E-state index is 2.49. The molecule has 3 rings (SSSR count). The van der Waals surface area contributed by atoms with Crippen LogP contribution in [-0.2, 0) is 10.8 Å². The SMILES string of the molecule is CC(C)(C)c1ccccc1-c1cccc(I)c1-c1ccccc1C(C)(C)C. The van der Waals surface area contributed by atoms with Crippen molar-refractivity contribution in [3.05, 3.63) is 81.4 Å². The Morgan fingerprint density at radius 1 is 0.519 bits per heavy atom. The first-order valence-electron chi connectivity index (χ1n) is 9.59. The molecule has 0 nitrogen and oxygen atoms in total. The topological polar surface area (TPSA) is 0 Å². The number of rotatable bonds is 2. The highest BCUT2D eigenvalue weighted by molar-refractivity contribution is 14.1. The lowest BCUT2D eigenvalue weighted by Crippen LogP contribution is -2.14. The fraction of sp³-hybridized carbons (Fsp3) is 0.308. The van der Waals surface area contributed by atoms with Crippen molar-refractivity contribution >= 4 is 22.6 Å². The molecule has 3 aromatic carbocycles. The summed E-state index contributed by atoms with van der Waals surface area (Å²) in [5.74, 6) is 0. The van der Waals surface area contributed by atoms with E-state index in [-0.39, 0.29) is 10.8 Å². The summed E-state index contributed by atoms with van der Waals surface area (Å²) in [5.41, 5.74) is 8.32. The molecule has 0 radical (unpaired) electrons. The lowest BCUT2D eigenvalue weighted by Gasteiger charge is -2.27. The second-order valence-electron chi connectivity index (χ2n) is 9.25. The Hall–Kier alpha value is -1.61. The third-order valence-corrected chi connectivity index (χ3v) is 5.94. The van der Waals surface area contributed by atoms with E-state index < -0.39 is 0 Å². The minimum atomic E-state index is 0.0936. The molecule has 0 atom stereocenters. The number of hydrogen-bond donors (Lipinski definition) is 0. The van der Waals surface area contributed by atoms with Crippen LogP contribution in [0.15, 0.2) is 66.7 Å². The van der Waals surface area contributed by atoms with E-state index in [0.29, 0.717) is 0 Å². The zero-order valence-corrected chi connectivity index (χ0v) is 19.4. The molecule has 0 unspecified atom stereocenters. The summed E-state index contributed by atoms with van der Waals surface area (Å²) in [6.07, 6.45) is 0. The molecule has 0 bridgehead atoms. The van der Waals surface area contributed by atoms with Crippen LogP contribution in [0.3, 0.4) is 0 Å². The molecule has 27 heavy (non-hydrogen) atoms. The molecular weight excluding hydrogens is 439 g/mol. The molecule has 0 saturated heterocycles. The van der Waals surface area contributed by atoms with Gasteiger partial charge in [0.25, 0.3) is 0 Å². The van der Waals surface area contributed by atoms with Crippen LogP contribution in [0.4, 0.5) is 0 Å². The number of benzene rings is 3. The summed E-state index contributed by atoms with van der Waals surface area (Å²) in [6.45, 7) is 13.8. The van der Waals surface area contributed by atoms with Gasteiger partial charge < -0.3 is 0 Å². The van der Waals surface area contributed by atoms with Gasteiger partial charge in [0, 0.05) is 9.13 Å².